The van der Waals surface area contributed by atoms with Crippen LogP contribution in [-0.4, -0.2) is 24.2 Å². The van der Waals surface area contributed by atoms with Crippen molar-refractivity contribution in [2.45, 2.75) is 0 Å². The Morgan fingerprint density at radius 3 is 3.07 bits per heavy atom. The molecule has 0 unspecified atom stereocenters. The van der Waals surface area contributed by atoms with Gasteiger partial charge in [-0.05, 0) is 12.1 Å². The maximum Gasteiger partial charge on any atom is 0.258 e. The Hall–Kier alpha value is -2.22. The Kier molecular flexibility index (Phi) is 3.98. The van der Waals surface area contributed by atoms with Gasteiger partial charge in [0.15, 0.2) is 6.61 Å². The van der Waals surface area contributed by atoms with Crippen molar-refractivity contribution in [3.8, 4) is 17.6 Å². The van der Waals surface area contributed by atoms with Crippen LogP contribution in [0.1, 0.15) is 0 Å². The predicted molar refractivity (Wildman–Crippen MR) is 52.2 cm³/mol. The highest BCUT2D eigenvalue weighted by Crippen LogP contribution is 2.17. The van der Waals surface area contributed by atoms with E-state index in [1.165, 1.54) is 12.1 Å². The zero-order chi connectivity index (χ0) is 11.1. The molecule has 0 aliphatic rings. The van der Waals surface area contributed by atoms with Crippen LogP contribution in [0.5, 0.6) is 11.5 Å². The Morgan fingerprint density at radius 2 is 2.40 bits per heavy atom. The third kappa shape index (κ3) is 4.00. The monoisotopic (exact) mass is 206 g/mol. The van der Waals surface area contributed by atoms with Gasteiger partial charge in [0.05, 0.1) is 6.07 Å². The molecular weight excluding hydrogens is 196 g/mol. The molecule has 1 aromatic carbocycles. The van der Waals surface area contributed by atoms with Crippen LogP contribution in [0.15, 0.2) is 24.3 Å². The fraction of sp³-hybridized carbons (Fsp3) is 0.200. The molecule has 0 saturated carbocycles. The van der Waals surface area contributed by atoms with E-state index in [1.807, 2.05) is 0 Å². The lowest BCUT2D eigenvalue weighted by Gasteiger charge is -2.05. The standard InChI is InChI=1S/C10H10N2O3/c11-4-5-12-10(14)7-15-9-3-1-2-8(13)6-9/h1-3,6,13H,5,7H2,(H,12,14). The van der Waals surface area contributed by atoms with Crippen LogP contribution < -0.4 is 10.1 Å². The van der Waals surface area contributed by atoms with E-state index in [9.17, 15) is 4.79 Å². The van der Waals surface area contributed by atoms with E-state index in [0.29, 0.717) is 5.75 Å². The number of phenols is 1. The zero-order valence-corrected chi connectivity index (χ0v) is 7.93. The van der Waals surface area contributed by atoms with Crippen molar-refractivity contribution in [2.75, 3.05) is 13.2 Å². The fourth-order valence-corrected chi connectivity index (χ4v) is 0.911. The van der Waals surface area contributed by atoms with Gasteiger partial charge in [0.2, 0.25) is 0 Å². The third-order valence-electron chi connectivity index (χ3n) is 1.55. The first kappa shape index (κ1) is 10.9. The number of carbonyl (C=O) groups excluding carboxylic acids is 1. The van der Waals surface area contributed by atoms with Gasteiger partial charge >= 0.3 is 0 Å². The molecule has 0 atom stereocenters. The smallest absolute Gasteiger partial charge is 0.258 e. The summed E-state index contributed by atoms with van der Waals surface area (Å²) in [5.74, 6) is 0.104. The van der Waals surface area contributed by atoms with Crippen molar-refractivity contribution in [1.29, 1.82) is 5.26 Å². The number of rotatable bonds is 4. The van der Waals surface area contributed by atoms with Crippen molar-refractivity contribution >= 4 is 5.91 Å². The van der Waals surface area contributed by atoms with Crippen molar-refractivity contribution in [3.05, 3.63) is 24.3 Å². The van der Waals surface area contributed by atoms with E-state index in [-0.39, 0.29) is 24.8 Å². The fourth-order valence-electron chi connectivity index (χ4n) is 0.911. The van der Waals surface area contributed by atoms with Gasteiger partial charge < -0.3 is 15.2 Å². The van der Waals surface area contributed by atoms with Gasteiger partial charge in [-0.3, -0.25) is 4.79 Å². The largest absolute Gasteiger partial charge is 0.508 e. The van der Waals surface area contributed by atoms with Crippen molar-refractivity contribution in [3.63, 3.8) is 0 Å². The molecule has 5 nitrogen and oxygen atoms in total. The lowest BCUT2D eigenvalue weighted by atomic mass is 10.3. The molecule has 0 bridgehead atoms. The van der Waals surface area contributed by atoms with Crippen LogP contribution >= 0.6 is 0 Å². The molecule has 0 aliphatic carbocycles. The lowest BCUT2D eigenvalue weighted by Crippen LogP contribution is -2.28. The first-order valence-electron chi connectivity index (χ1n) is 4.28. The summed E-state index contributed by atoms with van der Waals surface area (Å²) in [7, 11) is 0. The predicted octanol–water partition coefficient (Wildman–Crippen LogP) is 0.411. The van der Waals surface area contributed by atoms with Gasteiger partial charge in [0, 0.05) is 6.07 Å². The van der Waals surface area contributed by atoms with Crippen molar-refractivity contribution in [2.24, 2.45) is 0 Å². The first-order valence-corrected chi connectivity index (χ1v) is 4.28. The summed E-state index contributed by atoms with van der Waals surface area (Å²) in [6.07, 6.45) is 0. The van der Waals surface area contributed by atoms with E-state index >= 15 is 0 Å². The number of hydrogen-bond acceptors (Lipinski definition) is 4. The summed E-state index contributed by atoms with van der Waals surface area (Å²) in [4.78, 5) is 11.0. The second kappa shape index (κ2) is 5.50. The van der Waals surface area contributed by atoms with Gasteiger partial charge in [0.25, 0.3) is 5.91 Å². The number of hydrogen-bond donors (Lipinski definition) is 2. The SMILES string of the molecule is N#CCNC(=O)COc1cccc(O)c1. The Labute approximate surface area is 86.9 Å². The number of benzene rings is 1. The summed E-state index contributed by atoms with van der Waals surface area (Å²) >= 11 is 0. The number of nitriles is 1. The van der Waals surface area contributed by atoms with Crippen LogP contribution in [0.4, 0.5) is 0 Å². The Balaban J connectivity index is 2.37. The summed E-state index contributed by atoms with van der Waals surface area (Å²) in [5.41, 5.74) is 0. The number of nitrogens with zero attached hydrogens (tertiary/aromatic N) is 1. The quantitative estimate of drug-likeness (QED) is 0.699. The minimum absolute atomic E-state index is 0.0395. The highest BCUT2D eigenvalue weighted by molar-refractivity contribution is 5.77. The summed E-state index contributed by atoms with van der Waals surface area (Å²) in [6.45, 7) is -0.215. The molecular formula is C10H10N2O3. The number of ether oxygens (including phenoxy) is 1. The van der Waals surface area contributed by atoms with Gasteiger partial charge in [0.1, 0.15) is 18.0 Å². The maximum absolute atomic E-state index is 11.0. The molecule has 2 N–H and O–H groups in total. The molecule has 0 aliphatic heterocycles. The highest BCUT2D eigenvalue weighted by atomic mass is 16.5. The molecule has 1 rings (SSSR count). The topological polar surface area (TPSA) is 82.4 Å². The van der Waals surface area contributed by atoms with Crippen LogP contribution in [0.3, 0.4) is 0 Å². The molecule has 0 heterocycles. The molecule has 78 valence electrons. The van der Waals surface area contributed by atoms with E-state index < -0.39 is 0 Å². The molecule has 1 amide bonds. The van der Waals surface area contributed by atoms with E-state index in [2.05, 4.69) is 5.32 Å². The minimum Gasteiger partial charge on any atom is -0.508 e. The Morgan fingerprint density at radius 1 is 1.60 bits per heavy atom. The van der Waals surface area contributed by atoms with E-state index in [0.717, 1.165) is 0 Å². The number of phenolic OH excluding ortho intramolecular Hbond substituents is 1. The van der Waals surface area contributed by atoms with Crippen molar-refractivity contribution < 1.29 is 14.6 Å². The normalized spacial score (nSPS) is 9.00. The molecule has 0 aromatic heterocycles. The molecule has 5 heteroatoms. The summed E-state index contributed by atoms with van der Waals surface area (Å²) in [6, 6.07) is 7.91. The second-order valence-corrected chi connectivity index (χ2v) is 2.72. The van der Waals surface area contributed by atoms with Crippen LogP contribution in [0.2, 0.25) is 0 Å². The molecule has 0 spiro atoms. The molecule has 0 radical (unpaired) electrons. The van der Waals surface area contributed by atoms with Gasteiger partial charge in [-0.1, -0.05) is 6.07 Å². The summed E-state index contributed by atoms with van der Waals surface area (Å²) < 4.78 is 5.06. The van der Waals surface area contributed by atoms with E-state index in [1.54, 1.807) is 18.2 Å². The summed E-state index contributed by atoms with van der Waals surface area (Å²) in [5, 5.41) is 19.6. The number of nitrogens with one attached hydrogen (secondary N) is 1. The van der Waals surface area contributed by atoms with E-state index in [4.69, 9.17) is 15.1 Å². The number of aromatic hydroxyl groups is 1. The van der Waals surface area contributed by atoms with Gasteiger partial charge in [-0.25, -0.2) is 0 Å². The van der Waals surface area contributed by atoms with Crippen molar-refractivity contribution in [1.82, 2.24) is 5.32 Å². The molecule has 1 aromatic rings. The zero-order valence-electron chi connectivity index (χ0n) is 7.93. The number of carbonyl (C=O) groups is 1. The highest BCUT2D eigenvalue weighted by Gasteiger charge is 2.01. The Bertz CT molecular complexity index is 384. The number of amides is 1. The van der Waals surface area contributed by atoms with Crippen LogP contribution in [-0.2, 0) is 4.79 Å². The average molecular weight is 206 g/mol. The van der Waals surface area contributed by atoms with Gasteiger partial charge in [-0.2, -0.15) is 5.26 Å². The molecule has 15 heavy (non-hydrogen) atoms. The lowest BCUT2D eigenvalue weighted by molar-refractivity contribution is -0.122. The maximum atomic E-state index is 11.0. The minimum atomic E-state index is -0.375. The van der Waals surface area contributed by atoms with Gasteiger partial charge in [-0.15, -0.1) is 0 Å². The first-order chi connectivity index (χ1) is 7.22. The van der Waals surface area contributed by atoms with Crippen LogP contribution in [0.25, 0.3) is 0 Å². The third-order valence-corrected chi connectivity index (χ3v) is 1.55. The van der Waals surface area contributed by atoms with Crippen LogP contribution in [0, 0.1) is 11.3 Å². The molecule has 0 fully saturated rings. The average Bonchev–Trinajstić information content (AvgIpc) is 2.23. The second-order valence-electron chi connectivity index (χ2n) is 2.72. The molecule has 0 saturated heterocycles.